The number of fused-ring (bicyclic) bond motifs is 3. The Morgan fingerprint density at radius 1 is 1.27 bits per heavy atom. The monoisotopic (exact) mass is 338 g/mol. The van der Waals surface area contributed by atoms with E-state index in [1.807, 2.05) is 45.9 Å². The molecule has 0 N–H and O–H groups in total. The van der Waals surface area contributed by atoms with Gasteiger partial charge in [0.15, 0.2) is 5.58 Å². The Morgan fingerprint density at radius 2 is 1.95 bits per heavy atom. The summed E-state index contributed by atoms with van der Waals surface area (Å²) in [6, 6.07) is 0. The highest BCUT2D eigenvalue weighted by Gasteiger charge is 2.19. The average Bonchev–Trinajstić information content (AvgIpc) is 2.76. The summed E-state index contributed by atoms with van der Waals surface area (Å²) in [6.07, 6.45) is 8.03. The van der Waals surface area contributed by atoms with Crippen LogP contribution in [0.5, 0.6) is 0 Å². The third-order valence-corrected chi connectivity index (χ3v) is 3.71. The lowest BCUT2D eigenvalue weighted by atomic mass is 10.0. The summed E-state index contributed by atoms with van der Waals surface area (Å²) in [5.41, 5.74) is 2.87. The van der Waals surface area contributed by atoms with Gasteiger partial charge in [0.2, 0.25) is 5.28 Å². The van der Waals surface area contributed by atoms with E-state index < -0.39 is 4.87 Å². The lowest BCUT2D eigenvalue weighted by molar-refractivity contribution is 0.566. The van der Waals surface area contributed by atoms with E-state index in [1.165, 1.54) is 0 Å². The first-order valence-corrected chi connectivity index (χ1v) is 8.17. The van der Waals surface area contributed by atoms with Crippen LogP contribution in [-0.2, 0) is 0 Å². The van der Waals surface area contributed by atoms with E-state index in [4.69, 9.17) is 27.6 Å². The molecule has 0 aliphatic heterocycles. The van der Waals surface area contributed by atoms with E-state index in [1.54, 1.807) is 0 Å². The zero-order valence-corrected chi connectivity index (χ0v) is 15.0. The fourth-order valence-corrected chi connectivity index (χ4v) is 2.74. The Kier molecular flexibility index (Phi) is 4.98. The Bertz CT molecular complexity index is 834. The molecule has 1 aliphatic carbocycles. The van der Waals surface area contributed by atoms with Gasteiger partial charge in [-0.05, 0) is 43.5 Å². The maximum Gasteiger partial charge on any atom is 0.223 e. The summed E-state index contributed by atoms with van der Waals surface area (Å²) in [6.45, 7) is 9.87. The van der Waals surface area contributed by atoms with Crippen molar-refractivity contribution in [3.8, 4) is 0 Å². The van der Waals surface area contributed by atoms with E-state index in [9.17, 15) is 0 Å². The third-order valence-electron chi connectivity index (χ3n) is 3.31. The van der Waals surface area contributed by atoms with Crippen molar-refractivity contribution in [3.63, 3.8) is 0 Å². The maximum absolute atomic E-state index is 6.50. The topological polar surface area (TPSA) is 38.9 Å². The van der Waals surface area contributed by atoms with Gasteiger partial charge in [0.1, 0.15) is 10.9 Å². The summed E-state index contributed by atoms with van der Waals surface area (Å²) in [7, 11) is 0. The van der Waals surface area contributed by atoms with Crippen molar-refractivity contribution in [3.05, 3.63) is 33.8 Å². The normalized spacial score (nSPS) is 28.0. The number of furan rings is 1. The van der Waals surface area contributed by atoms with Crippen molar-refractivity contribution in [2.45, 2.75) is 39.5 Å². The number of rotatable bonds is 0. The smallest absolute Gasteiger partial charge is 0.223 e. The predicted octanol–water partition coefficient (Wildman–Crippen LogP) is 3.98. The summed E-state index contributed by atoms with van der Waals surface area (Å²) >= 11 is 12.5. The van der Waals surface area contributed by atoms with Crippen molar-refractivity contribution in [2.75, 3.05) is 0 Å². The summed E-state index contributed by atoms with van der Waals surface area (Å²) < 4.78 is 5.91. The van der Waals surface area contributed by atoms with Gasteiger partial charge in [-0.2, -0.15) is 0 Å². The van der Waals surface area contributed by atoms with Crippen LogP contribution in [0.3, 0.4) is 0 Å². The highest BCUT2D eigenvalue weighted by atomic mass is 35.5. The molecule has 2 unspecified atom stereocenters. The van der Waals surface area contributed by atoms with Crippen molar-refractivity contribution >= 4 is 46.5 Å². The molecule has 0 radical (unpaired) electrons. The van der Waals surface area contributed by atoms with Gasteiger partial charge in [-0.1, -0.05) is 32.9 Å². The van der Waals surface area contributed by atoms with Crippen LogP contribution in [-0.4, -0.2) is 14.8 Å². The van der Waals surface area contributed by atoms with E-state index in [2.05, 4.69) is 23.0 Å². The van der Waals surface area contributed by atoms with Crippen molar-refractivity contribution in [1.82, 2.24) is 9.97 Å². The highest BCUT2D eigenvalue weighted by molar-refractivity contribution is 6.29. The molecule has 0 saturated heterocycles. The third kappa shape index (κ3) is 3.36. The Morgan fingerprint density at radius 3 is 2.64 bits per heavy atom. The van der Waals surface area contributed by atoms with Gasteiger partial charge >= 0.3 is 0 Å². The van der Waals surface area contributed by atoms with Crippen LogP contribution in [0.2, 0.25) is 5.28 Å². The number of hydrogen-bond donors (Lipinski definition) is 0. The van der Waals surface area contributed by atoms with Gasteiger partial charge in [0.25, 0.3) is 0 Å². The molecular formula is C17H20Cl2N2O. The Hall–Kier alpha value is -1.32. The zero-order valence-electron chi connectivity index (χ0n) is 13.4. The number of aromatic nitrogens is 2. The largest absolute Gasteiger partial charge is 0.453 e. The lowest BCUT2D eigenvalue weighted by Crippen LogP contribution is -2.27. The fourth-order valence-electron chi connectivity index (χ4n) is 2.34. The standard InChI is InChI=1S/C15H14Cl2N2O.C2H6/c1-8-4-5-15(3,17)7-10-11(6-8)20-13-9(2)18-14(16)19-12(10)13;1-2/h4-8H,1-3H3;1-2H3/b5-4-,10-7+,11-6+;. The fraction of sp³-hybridized carbons (Fsp3) is 0.412. The number of aryl methyl sites for hydroxylation is 1. The van der Waals surface area contributed by atoms with Crippen LogP contribution in [0.1, 0.15) is 33.4 Å². The molecule has 118 valence electrons. The molecule has 3 nitrogen and oxygen atoms in total. The molecular weight excluding hydrogens is 319 g/mol. The molecule has 0 aromatic carbocycles. The maximum atomic E-state index is 6.50. The van der Waals surface area contributed by atoms with Gasteiger partial charge in [-0.3, -0.25) is 0 Å². The molecule has 22 heavy (non-hydrogen) atoms. The molecule has 0 amide bonds. The van der Waals surface area contributed by atoms with Gasteiger partial charge in [-0.15, -0.1) is 11.6 Å². The molecule has 0 fully saturated rings. The SMILES string of the molecule is CC.Cc1nc(Cl)nc2c3/c(oc12)=C\C(C)/C=C\C(C)(Cl)\C=3. The van der Waals surface area contributed by atoms with E-state index in [0.717, 1.165) is 16.3 Å². The van der Waals surface area contributed by atoms with Crippen LogP contribution in [0.4, 0.5) is 0 Å². The molecule has 2 heterocycles. The average molecular weight is 339 g/mol. The molecule has 3 rings (SSSR count). The molecule has 2 aromatic rings. The second-order valence-electron chi connectivity index (χ2n) is 5.32. The number of nitrogens with zero attached hydrogens (tertiary/aromatic N) is 2. The lowest BCUT2D eigenvalue weighted by Gasteiger charge is -2.13. The molecule has 0 saturated carbocycles. The quantitative estimate of drug-likeness (QED) is 0.414. The number of hydrogen-bond acceptors (Lipinski definition) is 3. The molecule has 0 bridgehead atoms. The van der Waals surface area contributed by atoms with Crippen LogP contribution >= 0.6 is 23.2 Å². The zero-order chi connectivity index (χ0) is 16.5. The van der Waals surface area contributed by atoms with E-state index in [0.29, 0.717) is 11.1 Å². The van der Waals surface area contributed by atoms with Crippen molar-refractivity contribution in [2.24, 2.45) is 5.92 Å². The minimum atomic E-state index is -0.584. The number of allylic oxidation sites excluding steroid dienone is 2. The van der Waals surface area contributed by atoms with Crippen molar-refractivity contribution < 1.29 is 4.42 Å². The van der Waals surface area contributed by atoms with Gasteiger partial charge < -0.3 is 4.42 Å². The van der Waals surface area contributed by atoms with Gasteiger partial charge in [0.05, 0.1) is 10.6 Å². The first-order chi connectivity index (χ1) is 10.4. The van der Waals surface area contributed by atoms with Crippen LogP contribution in [0.15, 0.2) is 16.6 Å². The van der Waals surface area contributed by atoms with Crippen LogP contribution < -0.4 is 10.6 Å². The van der Waals surface area contributed by atoms with Crippen LogP contribution in [0.25, 0.3) is 23.3 Å². The van der Waals surface area contributed by atoms with Gasteiger partial charge in [-0.25, -0.2) is 9.97 Å². The Labute approximate surface area is 140 Å². The summed E-state index contributed by atoms with van der Waals surface area (Å²) in [4.78, 5) is 7.85. The molecule has 0 spiro atoms. The van der Waals surface area contributed by atoms with Gasteiger partial charge in [0, 0.05) is 5.22 Å². The minimum Gasteiger partial charge on any atom is -0.453 e. The Balaban J connectivity index is 0.000000847. The molecule has 1 aliphatic rings. The van der Waals surface area contributed by atoms with Crippen molar-refractivity contribution in [1.29, 1.82) is 0 Å². The molecule has 2 aromatic heterocycles. The van der Waals surface area contributed by atoms with E-state index in [-0.39, 0.29) is 11.2 Å². The first kappa shape index (κ1) is 17.0. The second kappa shape index (κ2) is 6.43. The van der Waals surface area contributed by atoms with Crippen LogP contribution in [0, 0.1) is 12.8 Å². The summed E-state index contributed by atoms with van der Waals surface area (Å²) in [5, 5.41) is 1.09. The first-order valence-electron chi connectivity index (χ1n) is 7.41. The highest BCUT2D eigenvalue weighted by Crippen LogP contribution is 2.22. The predicted molar refractivity (Wildman–Crippen MR) is 93.6 cm³/mol. The van der Waals surface area contributed by atoms with E-state index >= 15 is 0 Å². The molecule has 2 atom stereocenters. The number of alkyl halides is 1. The molecule has 5 heteroatoms. The number of halogens is 2. The summed E-state index contributed by atoms with van der Waals surface area (Å²) in [5.74, 6) is 0.227. The second-order valence-corrected chi connectivity index (χ2v) is 6.47. The minimum absolute atomic E-state index is 0.217.